The van der Waals surface area contributed by atoms with Crippen LogP contribution in [-0.2, 0) is 0 Å². The number of nitro groups is 1. The van der Waals surface area contributed by atoms with Crippen molar-refractivity contribution in [3.8, 4) is 5.88 Å². The first-order valence-corrected chi connectivity index (χ1v) is 6.43. The Bertz CT molecular complexity index is 483. The lowest BCUT2D eigenvalue weighted by Crippen LogP contribution is -2.40. The molecule has 2 heterocycles. The molecule has 0 saturated carbocycles. The van der Waals surface area contributed by atoms with Crippen LogP contribution in [0.15, 0.2) is 6.20 Å². The van der Waals surface area contributed by atoms with E-state index in [2.05, 4.69) is 20.3 Å². The molecule has 1 aromatic heterocycles. The van der Waals surface area contributed by atoms with Gasteiger partial charge < -0.3 is 9.64 Å². The van der Waals surface area contributed by atoms with Crippen molar-refractivity contribution >= 4 is 11.6 Å². The fourth-order valence-electron chi connectivity index (χ4n) is 2.19. The minimum atomic E-state index is -0.569. The van der Waals surface area contributed by atoms with Crippen LogP contribution >= 0.6 is 0 Å². The monoisotopic (exact) mass is 282 g/mol. The first kappa shape index (κ1) is 14.4. The number of likely N-dealkylation sites (tertiary alicyclic amines) is 1. The molecular weight excluding hydrogens is 264 g/mol. The average Bonchev–Trinajstić information content (AvgIpc) is 2.46. The Kier molecular flexibility index (Phi) is 4.64. The molecule has 1 unspecified atom stereocenters. The maximum atomic E-state index is 10.9. The average molecular weight is 282 g/mol. The van der Waals surface area contributed by atoms with Crippen LogP contribution in [0.2, 0.25) is 0 Å². The predicted octanol–water partition coefficient (Wildman–Crippen LogP) is 0.534. The molecule has 1 fully saturated rings. The van der Waals surface area contributed by atoms with Crippen LogP contribution in [0.25, 0.3) is 0 Å². The van der Waals surface area contributed by atoms with Crippen LogP contribution < -0.4 is 16.0 Å². The minimum absolute atomic E-state index is 0.0584. The second-order valence-corrected chi connectivity index (χ2v) is 4.73. The number of likely N-dealkylation sites (N-methyl/N-ethyl adjacent to an activating group) is 1. The third kappa shape index (κ3) is 3.31. The van der Waals surface area contributed by atoms with Gasteiger partial charge in [-0.15, -0.1) is 0 Å². The second kappa shape index (κ2) is 6.44. The van der Waals surface area contributed by atoms with Gasteiger partial charge in [0.15, 0.2) is 0 Å². The second-order valence-electron chi connectivity index (χ2n) is 4.73. The number of nitrogens with zero attached hydrogens (tertiary/aromatic N) is 4. The van der Waals surface area contributed by atoms with Crippen LogP contribution in [-0.4, -0.2) is 46.0 Å². The molecule has 0 bridgehead atoms. The van der Waals surface area contributed by atoms with Crippen molar-refractivity contribution in [3.05, 3.63) is 16.3 Å². The number of piperidine rings is 1. The standard InChI is InChI=1S/C11H18N6O3/c1-16-5-3-2-4-8(16)7-20-10-9(17(18)19)6-13-11(14-10)15-12/h6,8H,2-5,7,12H2,1H3,(H,13,14,15). The van der Waals surface area contributed by atoms with Gasteiger partial charge in [0, 0.05) is 6.04 Å². The summed E-state index contributed by atoms with van der Waals surface area (Å²) in [5, 5.41) is 10.9. The summed E-state index contributed by atoms with van der Waals surface area (Å²) in [6, 6.07) is 0.243. The van der Waals surface area contributed by atoms with Gasteiger partial charge in [0.05, 0.1) is 4.92 Å². The van der Waals surface area contributed by atoms with Gasteiger partial charge in [-0.3, -0.25) is 15.5 Å². The summed E-state index contributed by atoms with van der Waals surface area (Å²) >= 11 is 0. The molecule has 110 valence electrons. The van der Waals surface area contributed by atoms with E-state index < -0.39 is 4.92 Å². The van der Waals surface area contributed by atoms with E-state index in [1.54, 1.807) is 0 Å². The number of hydrogen-bond acceptors (Lipinski definition) is 8. The van der Waals surface area contributed by atoms with Gasteiger partial charge in [-0.2, -0.15) is 4.98 Å². The fraction of sp³-hybridized carbons (Fsp3) is 0.636. The lowest BCUT2D eigenvalue weighted by molar-refractivity contribution is -0.386. The number of nitrogens with two attached hydrogens (primary N) is 1. The molecule has 1 saturated heterocycles. The number of hydrazine groups is 1. The van der Waals surface area contributed by atoms with E-state index in [-0.39, 0.29) is 23.6 Å². The minimum Gasteiger partial charge on any atom is -0.471 e. The Morgan fingerprint density at radius 3 is 3.10 bits per heavy atom. The van der Waals surface area contributed by atoms with E-state index in [1.165, 1.54) is 6.42 Å². The van der Waals surface area contributed by atoms with Gasteiger partial charge in [-0.25, -0.2) is 10.8 Å². The molecule has 1 aliphatic heterocycles. The summed E-state index contributed by atoms with van der Waals surface area (Å²) in [4.78, 5) is 20.1. The zero-order valence-electron chi connectivity index (χ0n) is 11.3. The van der Waals surface area contributed by atoms with Gasteiger partial charge in [-0.05, 0) is 26.4 Å². The van der Waals surface area contributed by atoms with Crippen molar-refractivity contribution in [2.24, 2.45) is 5.84 Å². The van der Waals surface area contributed by atoms with Crippen LogP contribution in [0.4, 0.5) is 11.6 Å². The molecule has 9 nitrogen and oxygen atoms in total. The molecule has 0 aliphatic carbocycles. The number of nitrogen functional groups attached to an aromatic ring is 1. The Morgan fingerprint density at radius 1 is 1.65 bits per heavy atom. The topological polar surface area (TPSA) is 119 Å². The third-order valence-corrected chi connectivity index (χ3v) is 3.40. The maximum absolute atomic E-state index is 10.9. The van der Waals surface area contributed by atoms with E-state index in [0.717, 1.165) is 25.6 Å². The molecule has 1 aliphatic rings. The fourth-order valence-corrected chi connectivity index (χ4v) is 2.19. The van der Waals surface area contributed by atoms with Gasteiger partial charge in [0.1, 0.15) is 12.8 Å². The zero-order chi connectivity index (χ0) is 14.5. The molecule has 1 aromatic rings. The molecule has 2 rings (SSSR count). The van der Waals surface area contributed by atoms with E-state index in [0.29, 0.717) is 6.61 Å². The van der Waals surface area contributed by atoms with E-state index in [1.807, 2.05) is 7.05 Å². The van der Waals surface area contributed by atoms with Gasteiger partial charge in [-0.1, -0.05) is 6.42 Å². The van der Waals surface area contributed by atoms with Crippen LogP contribution in [0.5, 0.6) is 5.88 Å². The molecule has 20 heavy (non-hydrogen) atoms. The summed E-state index contributed by atoms with van der Waals surface area (Å²) in [7, 11) is 2.02. The number of aromatic nitrogens is 2. The van der Waals surface area contributed by atoms with Crippen LogP contribution in [0.1, 0.15) is 19.3 Å². The smallest absolute Gasteiger partial charge is 0.349 e. The highest BCUT2D eigenvalue weighted by atomic mass is 16.6. The van der Waals surface area contributed by atoms with Crippen molar-refractivity contribution in [1.29, 1.82) is 0 Å². The molecule has 3 N–H and O–H groups in total. The number of ether oxygens (including phenoxy) is 1. The summed E-state index contributed by atoms with van der Waals surface area (Å²) < 4.78 is 5.52. The van der Waals surface area contributed by atoms with Crippen molar-refractivity contribution in [2.45, 2.75) is 25.3 Å². The van der Waals surface area contributed by atoms with Gasteiger partial charge in [0.2, 0.25) is 5.95 Å². The third-order valence-electron chi connectivity index (χ3n) is 3.40. The first-order chi connectivity index (χ1) is 9.61. The van der Waals surface area contributed by atoms with Crippen LogP contribution in [0, 0.1) is 10.1 Å². The van der Waals surface area contributed by atoms with E-state index in [4.69, 9.17) is 10.6 Å². The maximum Gasteiger partial charge on any atom is 0.349 e. The quantitative estimate of drug-likeness (QED) is 0.456. The molecular formula is C11H18N6O3. The Morgan fingerprint density at radius 2 is 2.45 bits per heavy atom. The Hall–Kier alpha value is -2.00. The number of rotatable bonds is 5. The highest BCUT2D eigenvalue weighted by Crippen LogP contribution is 2.25. The molecule has 9 heteroatoms. The number of anilines is 1. The highest BCUT2D eigenvalue weighted by Gasteiger charge is 2.23. The van der Waals surface area contributed by atoms with E-state index >= 15 is 0 Å². The summed E-state index contributed by atoms with van der Waals surface area (Å²) in [5.74, 6) is 5.22. The summed E-state index contributed by atoms with van der Waals surface area (Å²) in [5.41, 5.74) is 1.98. The van der Waals surface area contributed by atoms with Crippen molar-refractivity contribution in [1.82, 2.24) is 14.9 Å². The lowest BCUT2D eigenvalue weighted by atomic mass is 10.0. The summed E-state index contributed by atoms with van der Waals surface area (Å²) in [6.07, 6.45) is 4.40. The Labute approximate surface area is 116 Å². The van der Waals surface area contributed by atoms with Crippen molar-refractivity contribution in [3.63, 3.8) is 0 Å². The lowest BCUT2D eigenvalue weighted by Gasteiger charge is -2.31. The molecule has 0 radical (unpaired) electrons. The van der Waals surface area contributed by atoms with Gasteiger partial charge in [0.25, 0.3) is 5.88 Å². The SMILES string of the molecule is CN1CCCCC1COc1nc(NN)ncc1[N+](=O)[O-]. The largest absolute Gasteiger partial charge is 0.471 e. The molecule has 0 amide bonds. The number of hydrogen-bond donors (Lipinski definition) is 2. The number of nitrogens with one attached hydrogen (secondary N) is 1. The molecule has 1 atom stereocenters. The Balaban J connectivity index is 2.08. The van der Waals surface area contributed by atoms with Crippen molar-refractivity contribution < 1.29 is 9.66 Å². The van der Waals surface area contributed by atoms with Crippen molar-refractivity contribution in [2.75, 3.05) is 25.6 Å². The predicted molar refractivity (Wildman–Crippen MR) is 72.3 cm³/mol. The van der Waals surface area contributed by atoms with E-state index in [9.17, 15) is 10.1 Å². The molecule has 0 aromatic carbocycles. The van der Waals surface area contributed by atoms with Gasteiger partial charge >= 0.3 is 5.69 Å². The van der Waals surface area contributed by atoms with Crippen LogP contribution in [0.3, 0.4) is 0 Å². The normalized spacial score (nSPS) is 19.6. The first-order valence-electron chi connectivity index (χ1n) is 6.43. The highest BCUT2D eigenvalue weighted by molar-refractivity contribution is 5.42. The zero-order valence-corrected chi connectivity index (χ0v) is 11.3. The molecule has 0 spiro atoms. The summed E-state index contributed by atoms with van der Waals surface area (Å²) in [6.45, 7) is 1.37.